The molecule has 4 aromatic rings. The van der Waals surface area contributed by atoms with Crippen LogP contribution in [-0.2, 0) is 0 Å². The third-order valence-corrected chi connectivity index (χ3v) is 8.68. The van der Waals surface area contributed by atoms with Crippen LogP contribution in [0.4, 0.5) is 5.88 Å². The summed E-state index contributed by atoms with van der Waals surface area (Å²) in [5.74, 6) is 2.37. The van der Waals surface area contributed by atoms with Gasteiger partial charge in [0.2, 0.25) is 0 Å². The maximum absolute atomic E-state index is 11.0. The lowest BCUT2D eigenvalue weighted by molar-refractivity contribution is -0.402. The van der Waals surface area contributed by atoms with Crippen LogP contribution in [0.25, 0.3) is 6.08 Å². The zero-order chi connectivity index (χ0) is 20.1. The van der Waals surface area contributed by atoms with Crippen molar-refractivity contribution in [1.29, 1.82) is 0 Å². The van der Waals surface area contributed by atoms with E-state index in [0.29, 0.717) is 5.76 Å². The highest BCUT2D eigenvalue weighted by Gasteiger charge is 2.43. The molecular formula is C24H19NO3P+. The molecular weight excluding hydrogens is 381 g/mol. The molecule has 0 saturated carbocycles. The van der Waals surface area contributed by atoms with Gasteiger partial charge in [0, 0.05) is 6.08 Å². The van der Waals surface area contributed by atoms with Gasteiger partial charge >= 0.3 is 5.88 Å². The molecule has 4 nitrogen and oxygen atoms in total. The smallest absolute Gasteiger partial charge is 0.401 e. The number of nitro groups is 1. The average Bonchev–Trinajstić information content (AvgIpc) is 3.26. The molecule has 142 valence electrons. The summed E-state index contributed by atoms with van der Waals surface area (Å²) in [6.07, 6.45) is 1.85. The second-order valence-electron chi connectivity index (χ2n) is 6.48. The molecule has 0 aliphatic heterocycles. The number of hydrogen-bond donors (Lipinski definition) is 0. The summed E-state index contributed by atoms with van der Waals surface area (Å²) >= 11 is 0. The van der Waals surface area contributed by atoms with Crippen LogP contribution in [0.2, 0.25) is 0 Å². The van der Waals surface area contributed by atoms with Crippen molar-refractivity contribution in [3.63, 3.8) is 0 Å². The van der Waals surface area contributed by atoms with Crippen molar-refractivity contribution in [1.82, 2.24) is 0 Å². The highest BCUT2D eigenvalue weighted by molar-refractivity contribution is 7.98. The van der Waals surface area contributed by atoms with Gasteiger partial charge in [-0.25, -0.2) is 0 Å². The van der Waals surface area contributed by atoms with E-state index in [1.54, 1.807) is 6.07 Å². The first-order chi connectivity index (χ1) is 14.2. The van der Waals surface area contributed by atoms with Crippen LogP contribution in [-0.4, -0.2) is 4.92 Å². The Morgan fingerprint density at radius 2 is 1.14 bits per heavy atom. The number of benzene rings is 3. The molecule has 0 amide bonds. The first kappa shape index (κ1) is 18.9. The first-order valence-electron chi connectivity index (χ1n) is 9.19. The summed E-state index contributed by atoms with van der Waals surface area (Å²) in [6, 6.07) is 34.1. The fourth-order valence-electron chi connectivity index (χ4n) is 3.41. The molecule has 0 N–H and O–H groups in total. The Morgan fingerprint density at radius 1 is 0.690 bits per heavy atom. The van der Waals surface area contributed by atoms with E-state index >= 15 is 0 Å². The molecule has 0 radical (unpaired) electrons. The molecule has 0 spiro atoms. The summed E-state index contributed by atoms with van der Waals surface area (Å²) in [6.45, 7) is 0. The van der Waals surface area contributed by atoms with Gasteiger partial charge in [0.15, 0.2) is 0 Å². The van der Waals surface area contributed by atoms with E-state index in [-0.39, 0.29) is 5.88 Å². The Bertz CT molecular complexity index is 1030. The number of furan rings is 1. The minimum absolute atomic E-state index is 0.257. The summed E-state index contributed by atoms with van der Waals surface area (Å²) in [5.41, 5.74) is 0. The van der Waals surface area contributed by atoms with E-state index in [9.17, 15) is 10.1 Å². The minimum Gasteiger partial charge on any atom is -0.401 e. The zero-order valence-electron chi connectivity index (χ0n) is 15.6. The van der Waals surface area contributed by atoms with Crippen LogP contribution in [0.15, 0.2) is 113 Å². The van der Waals surface area contributed by atoms with Crippen LogP contribution >= 0.6 is 7.26 Å². The van der Waals surface area contributed by atoms with E-state index in [0.717, 1.165) is 0 Å². The third-order valence-electron chi connectivity index (χ3n) is 4.75. The molecule has 0 aliphatic rings. The first-order valence-corrected chi connectivity index (χ1v) is 11.0. The van der Waals surface area contributed by atoms with Crippen LogP contribution in [0.1, 0.15) is 5.76 Å². The highest BCUT2D eigenvalue weighted by atomic mass is 31.2. The molecule has 1 heterocycles. The minimum atomic E-state index is -2.14. The lowest BCUT2D eigenvalue weighted by Gasteiger charge is -2.23. The molecule has 29 heavy (non-hydrogen) atoms. The van der Waals surface area contributed by atoms with Crippen molar-refractivity contribution in [3.05, 3.63) is 125 Å². The van der Waals surface area contributed by atoms with E-state index in [1.807, 2.05) is 60.7 Å². The van der Waals surface area contributed by atoms with Crippen molar-refractivity contribution in [3.8, 4) is 0 Å². The van der Waals surface area contributed by atoms with Crippen LogP contribution < -0.4 is 15.9 Å². The van der Waals surface area contributed by atoms with Crippen molar-refractivity contribution in [2.45, 2.75) is 0 Å². The molecule has 0 atom stereocenters. The van der Waals surface area contributed by atoms with Crippen molar-refractivity contribution in [2.75, 3.05) is 0 Å². The Balaban J connectivity index is 1.94. The Morgan fingerprint density at radius 3 is 1.52 bits per heavy atom. The summed E-state index contributed by atoms with van der Waals surface area (Å²) in [4.78, 5) is 10.5. The molecule has 0 unspecified atom stereocenters. The van der Waals surface area contributed by atoms with Gasteiger partial charge in [-0.1, -0.05) is 54.6 Å². The van der Waals surface area contributed by atoms with Gasteiger partial charge in [0.1, 0.15) is 33.9 Å². The zero-order valence-corrected chi connectivity index (χ0v) is 16.5. The lowest BCUT2D eigenvalue weighted by atomic mass is 10.4. The highest BCUT2D eigenvalue weighted by Crippen LogP contribution is 2.57. The SMILES string of the molecule is O=[N+]([O-])c1ccc(/C=C/[P+](c2ccccc2)(c2ccccc2)c2ccccc2)o1. The molecule has 5 heteroatoms. The van der Waals surface area contributed by atoms with Gasteiger partial charge < -0.3 is 4.42 Å². The van der Waals surface area contributed by atoms with Gasteiger partial charge in [-0.2, -0.15) is 0 Å². The van der Waals surface area contributed by atoms with E-state index in [1.165, 1.54) is 22.0 Å². The molecule has 0 saturated heterocycles. The van der Waals surface area contributed by atoms with Crippen molar-refractivity contribution < 1.29 is 9.34 Å². The Labute approximate surface area is 169 Å². The Hall–Kier alpha value is -3.49. The molecule has 4 rings (SSSR count). The van der Waals surface area contributed by atoms with Gasteiger partial charge in [0.25, 0.3) is 0 Å². The lowest BCUT2D eigenvalue weighted by Crippen LogP contribution is -2.29. The van der Waals surface area contributed by atoms with Gasteiger partial charge in [-0.3, -0.25) is 10.1 Å². The quantitative estimate of drug-likeness (QED) is 0.255. The number of hydrogen-bond acceptors (Lipinski definition) is 3. The molecule has 0 aliphatic carbocycles. The normalized spacial score (nSPS) is 11.6. The monoisotopic (exact) mass is 400 g/mol. The molecule has 0 bridgehead atoms. The molecule has 1 aromatic heterocycles. The Kier molecular flexibility index (Phi) is 5.37. The van der Waals surface area contributed by atoms with Crippen molar-refractivity contribution >= 4 is 35.1 Å². The third kappa shape index (κ3) is 3.75. The standard InChI is InChI=1S/C24H19NO3P/c26-25(27)24-17-16-20(28-24)18-19-29(21-10-4-1-5-11-21,22-12-6-2-7-13-22)23-14-8-3-9-15-23/h1-19H/q+1/b19-18+. The molecule has 0 fully saturated rings. The van der Waals surface area contributed by atoms with Crippen molar-refractivity contribution in [2.24, 2.45) is 0 Å². The van der Waals surface area contributed by atoms with Gasteiger partial charge in [-0.15, -0.1) is 0 Å². The maximum atomic E-state index is 11.0. The van der Waals surface area contributed by atoms with E-state index in [4.69, 9.17) is 4.42 Å². The number of nitrogens with zero attached hydrogens (tertiary/aromatic N) is 1. The maximum Gasteiger partial charge on any atom is 0.433 e. The van der Waals surface area contributed by atoms with E-state index in [2.05, 4.69) is 42.2 Å². The second-order valence-corrected chi connectivity index (χ2v) is 9.77. The second kappa shape index (κ2) is 8.26. The molecule has 3 aromatic carbocycles. The van der Waals surface area contributed by atoms with Crippen LogP contribution in [0.3, 0.4) is 0 Å². The summed E-state index contributed by atoms with van der Waals surface area (Å²) in [5, 5.41) is 14.6. The number of rotatable bonds is 6. The predicted octanol–water partition coefficient (Wildman–Crippen LogP) is 5.15. The predicted molar refractivity (Wildman–Crippen MR) is 120 cm³/mol. The largest absolute Gasteiger partial charge is 0.433 e. The van der Waals surface area contributed by atoms with Gasteiger partial charge in [-0.05, 0) is 42.5 Å². The average molecular weight is 400 g/mol. The van der Waals surface area contributed by atoms with Gasteiger partial charge in [0.05, 0.1) is 11.9 Å². The summed E-state index contributed by atoms with van der Waals surface area (Å²) < 4.78 is 5.38. The van der Waals surface area contributed by atoms with E-state index < -0.39 is 12.2 Å². The topological polar surface area (TPSA) is 56.3 Å². The van der Waals surface area contributed by atoms with Crippen LogP contribution in [0, 0.1) is 10.1 Å². The fourth-order valence-corrected chi connectivity index (χ4v) is 7.12. The summed E-state index contributed by atoms with van der Waals surface area (Å²) in [7, 11) is -2.14. The van der Waals surface area contributed by atoms with Crippen LogP contribution in [0.5, 0.6) is 0 Å². The fraction of sp³-hybridized carbons (Fsp3) is 0.